The highest BCUT2D eigenvalue weighted by molar-refractivity contribution is 5.49. The van der Waals surface area contributed by atoms with E-state index in [1.165, 1.54) is 0 Å². The van der Waals surface area contributed by atoms with Crippen LogP contribution >= 0.6 is 0 Å². The quantitative estimate of drug-likeness (QED) is 0.572. The van der Waals surface area contributed by atoms with Gasteiger partial charge in [0.2, 0.25) is 0 Å². The number of hydrogen-bond acceptors (Lipinski definition) is 2. The predicted octanol–water partition coefficient (Wildman–Crippen LogP) is 1.37. The van der Waals surface area contributed by atoms with Gasteiger partial charge >= 0.3 is 0 Å². The fourth-order valence-electron chi connectivity index (χ4n) is 0.913. The fraction of sp³-hybridized carbons (Fsp3) is 0.875. The lowest BCUT2D eigenvalue weighted by Gasteiger charge is -2.08. The lowest BCUT2D eigenvalue weighted by Crippen LogP contribution is -2.06. The second-order valence-electron chi connectivity index (χ2n) is 2.59. The van der Waals surface area contributed by atoms with Crippen LogP contribution in [0.3, 0.4) is 0 Å². The van der Waals surface area contributed by atoms with Gasteiger partial charge in [-0.2, -0.15) is 0 Å². The molecular weight excluding hydrogens is 128 g/mol. The standard InChI is InChI=1S/C8H16O2/c1-2-3-4-8(7-10)5-6-9/h6,8,10H,2-5,7H2,1H3. The van der Waals surface area contributed by atoms with E-state index in [1.54, 1.807) is 0 Å². The lowest BCUT2D eigenvalue weighted by molar-refractivity contribution is -0.109. The number of carbonyl (C=O) groups excluding carboxylic acids is 1. The van der Waals surface area contributed by atoms with Crippen LogP contribution in [0.1, 0.15) is 32.6 Å². The van der Waals surface area contributed by atoms with E-state index >= 15 is 0 Å². The average Bonchev–Trinajstić information content (AvgIpc) is 1.98. The summed E-state index contributed by atoms with van der Waals surface area (Å²) in [5.74, 6) is 0.206. The third-order valence-corrected chi connectivity index (χ3v) is 1.65. The molecule has 2 nitrogen and oxygen atoms in total. The topological polar surface area (TPSA) is 37.3 Å². The molecule has 0 aliphatic heterocycles. The molecular formula is C8H16O2. The smallest absolute Gasteiger partial charge is 0.120 e. The number of aldehydes is 1. The molecule has 0 rings (SSSR count). The minimum atomic E-state index is 0.152. The number of aliphatic hydroxyl groups excluding tert-OH is 1. The Balaban J connectivity index is 3.29. The van der Waals surface area contributed by atoms with E-state index in [0.29, 0.717) is 6.42 Å². The maximum atomic E-state index is 10.0. The molecule has 0 bridgehead atoms. The van der Waals surface area contributed by atoms with Crippen LogP contribution in [-0.4, -0.2) is 18.0 Å². The number of carbonyl (C=O) groups is 1. The van der Waals surface area contributed by atoms with Crippen molar-refractivity contribution in [2.75, 3.05) is 6.61 Å². The summed E-state index contributed by atoms with van der Waals surface area (Å²) in [4.78, 5) is 10.0. The van der Waals surface area contributed by atoms with Gasteiger partial charge in [0, 0.05) is 13.0 Å². The number of hydrogen-bond donors (Lipinski definition) is 1. The average molecular weight is 144 g/mol. The van der Waals surface area contributed by atoms with Crippen molar-refractivity contribution in [1.82, 2.24) is 0 Å². The molecule has 0 amide bonds. The molecule has 10 heavy (non-hydrogen) atoms. The van der Waals surface area contributed by atoms with Gasteiger partial charge in [-0.05, 0) is 12.3 Å². The monoisotopic (exact) mass is 144 g/mol. The van der Waals surface area contributed by atoms with Gasteiger partial charge in [0.1, 0.15) is 6.29 Å². The molecule has 1 atom stereocenters. The molecule has 0 spiro atoms. The number of rotatable bonds is 6. The maximum Gasteiger partial charge on any atom is 0.120 e. The highest BCUT2D eigenvalue weighted by Gasteiger charge is 2.04. The summed E-state index contributed by atoms with van der Waals surface area (Å²) in [5, 5.41) is 8.72. The van der Waals surface area contributed by atoms with Crippen LogP contribution < -0.4 is 0 Å². The van der Waals surface area contributed by atoms with Crippen LogP contribution in [0.5, 0.6) is 0 Å². The molecule has 0 saturated heterocycles. The number of unbranched alkanes of at least 4 members (excludes halogenated alkanes) is 1. The summed E-state index contributed by atoms with van der Waals surface area (Å²) < 4.78 is 0. The summed E-state index contributed by atoms with van der Waals surface area (Å²) in [6.07, 6.45) is 4.62. The van der Waals surface area contributed by atoms with E-state index in [9.17, 15) is 4.79 Å². The zero-order valence-corrected chi connectivity index (χ0v) is 6.55. The Labute approximate surface area is 62.2 Å². The second kappa shape index (κ2) is 6.75. The molecule has 0 aromatic carbocycles. The van der Waals surface area contributed by atoms with Crippen LogP contribution in [0.4, 0.5) is 0 Å². The Bertz CT molecular complexity index is 81.3. The Hall–Kier alpha value is -0.370. The molecule has 2 heteroatoms. The van der Waals surface area contributed by atoms with Gasteiger partial charge in [-0.25, -0.2) is 0 Å². The van der Waals surface area contributed by atoms with Crippen molar-refractivity contribution in [1.29, 1.82) is 0 Å². The first kappa shape index (κ1) is 9.63. The Morgan fingerprint density at radius 2 is 2.30 bits per heavy atom. The molecule has 0 fully saturated rings. The van der Waals surface area contributed by atoms with Crippen molar-refractivity contribution < 1.29 is 9.90 Å². The summed E-state index contributed by atoms with van der Waals surface area (Å²) in [7, 11) is 0. The van der Waals surface area contributed by atoms with Crippen LogP contribution in [0.2, 0.25) is 0 Å². The van der Waals surface area contributed by atoms with Crippen LogP contribution in [0.25, 0.3) is 0 Å². The summed E-state index contributed by atoms with van der Waals surface area (Å²) in [6, 6.07) is 0. The minimum absolute atomic E-state index is 0.152. The molecule has 1 unspecified atom stereocenters. The summed E-state index contributed by atoms with van der Waals surface area (Å²) in [6.45, 7) is 2.26. The third kappa shape index (κ3) is 4.50. The van der Waals surface area contributed by atoms with Crippen LogP contribution in [0.15, 0.2) is 0 Å². The molecule has 0 aliphatic rings. The van der Waals surface area contributed by atoms with Crippen molar-refractivity contribution in [3.8, 4) is 0 Å². The van der Waals surface area contributed by atoms with E-state index in [0.717, 1.165) is 25.5 Å². The normalized spacial score (nSPS) is 13.0. The SMILES string of the molecule is CCCCC(CO)CC=O. The summed E-state index contributed by atoms with van der Waals surface area (Å²) >= 11 is 0. The third-order valence-electron chi connectivity index (χ3n) is 1.65. The van der Waals surface area contributed by atoms with E-state index < -0.39 is 0 Å². The van der Waals surface area contributed by atoms with Crippen LogP contribution in [-0.2, 0) is 4.79 Å². The molecule has 0 aliphatic carbocycles. The molecule has 0 heterocycles. The van der Waals surface area contributed by atoms with E-state index in [-0.39, 0.29) is 12.5 Å². The Morgan fingerprint density at radius 1 is 1.60 bits per heavy atom. The van der Waals surface area contributed by atoms with Crippen molar-refractivity contribution in [2.24, 2.45) is 5.92 Å². The minimum Gasteiger partial charge on any atom is -0.396 e. The first-order valence-corrected chi connectivity index (χ1v) is 3.89. The summed E-state index contributed by atoms with van der Waals surface area (Å²) in [5.41, 5.74) is 0. The molecule has 0 aromatic rings. The Kier molecular flexibility index (Phi) is 6.50. The highest BCUT2D eigenvalue weighted by atomic mass is 16.3. The lowest BCUT2D eigenvalue weighted by atomic mass is 10.0. The first-order chi connectivity index (χ1) is 4.85. The van der Waals surface area contributed by atoms with Crippen molar-refractivity contribution >= 4 is 6.29 Å². The molecule has 0 aromatic heterocycles. The van der Waals surface area contributed by atoms with Gasteiger partial charge in [0.15, 0.2) is 0 Å². The zero-order valence-electron chi connectivity index (χ0n) is 6.55. The van der Waals surface area contributed by atoms with Crippen molar-refractivity contribution in [3.05, 3.63) is 0 Å². The molecule has 1 N–H and O–H groups in total. The van der Waals surface area contributed by atoms with Gasteiger partial charge in [-0.15, -0.1) is 0 Å². The van der Waals surface area contributed by atoms with Gasteiger partial charge in [0.25, 0.3) is 0 Å². The van der Waals surface area contributed by atoms with E-state index in [4.69, 9.17) is 5.11 Å². The van der Waals surface area contributed by atoms with Crippen molar-refractivity contribution in [3.63, 3.8) is 0 Å². The van der Waals surface area contributed by atoms with Gasteiger partial charge in [0.05, 0.1) is 0 Å². The van der Waals surface area contributed by atoms with Gasteiger partial charge < -0.3 is 9.90 Å². The van der Waals surface area contributed by atoms with Crippen molar-refractivity contribution in [2.45, 2.75) is 32.6 Å². The largest absolute Gasteiger partial charge is 0.396 e. The van der Waals surface area contributed by atoms with E-state index in [2.05, 4.69) is 6.92 Å². The first-order valence-electron chi connectivity index (χ1n) is 3.89. The molecule has 0 saturated carbocycles. The highest BCUT2D eigenvalue weighted by Crippen LogP contribution is 2.09. The fourth-order valence-corrected chi connectivity index (χ4v) is 0.913. The Morgan fingerprint density at radius 3 is 2.70 bits per heavy atom. The predicted molar refractivity (Wildman–Crippen MR) is 40.8 cm³/mol. The van der Waals surface area contributed by atoms with Crippen LogP contribution in [0, 0.1) is 5.92 Å². The number of aliphatic hydroxyl groups is 1. The van der Waals surface area contributed by atoms with Gasteiger partial charge in [-0.1, -0.05) is 19.8 Å². The van der Waals surface area contributed by atoms with E-state index in [1.807, 2.05) is 0 Å². The zero-order chi connectivity index (χ0) is 7.82. The maximum absolute atomic E-state index is 10.0. The second-order valence-corrected chi connectivity index (χ2v) is 2.59. The molecule has 0 radical (unpaired) electrons. The molecule has 60 valence electrons. The van der Waals surface area contributed by atoms with Gasteiger partial charge in [-0.3, -0.25) is 0 Å².